The molecule has 0 unspecified atom stereocenters. The third kappa shape index (κ3) is 3.71. The third-order valence-corrected chi connectivity index (χ3v) is 5.75. The summed E-state index contributed by atoms with van der Waals surface area (Å²) in [5.74, 6) is 1.16. The Hall–Kier alpha value is -1.21. The zero-order chi connectivity index (χ0) is 15.5. The molecule has 21 heavy (non-hydrogen) atoms. The van der Waals surface area contributed by atoms with Crippen molar-refractivity contribution in [2.24, 2.45) is 0 Å². The molecule has 1 aromatic heterocycles. The van der Waals surface area contributed by atoms with Gasteiger partial charge >= 0.3 is 0 Å². The van der Waals surface area contributed by atoms with Gasteiger partial charge in [0.1, 0.15) is 12.2 Å². The van der Waals surface area contributed by atoms with Gasteiger partial charge in [0.15, 0.2) is 0 Å². The second-order valence-corrected chi connectivity index (χ2v) is 7.87. The summed E-state index contributed by atoms with van der Waals surface area (Å²) in [6.45, 7) is 8.85. The molecule has 1 atom stereocenters. The fourth-order valence-corrected chi connectivity index (χ4v) is 4.25. The first-order chi connectivity index (χ1) is 9.95. The van der Waals surface area contributed by atoms with E-state index in [0.29, 0.717) is 19.5 Å². The number of nitrogens with zero attached hydrogens (tertiary/aromatic N) is 4. The molecule has 0 aromatic carbocycles. The quantitative estimate of drug-likeness (QED) is 0.753. The van der Waals surface area contributed by atoms with Gasteiger partial charge in [0.25, 0.3) is 0 Å². The summed E-state index contributed by atoms with van der Waals surface area (Å²) in [7, 11) is -3.20. The van der Waals surface area contributed by atoms with E-state index >= 15 is 0 Å². The first-order valence-electron chi connectivity index (χ1n) is 7.44. The summed E-state index contributed by atoms with van der Waals surface area (Å²) in [5.41, 5.74) is 0. The molecule has 118 valence electrons. The molecule has 0 saturated carbocycles. The molecule has 0 N–H and O–H groups in total. The van der Waals surface area contributed by atoms with Crippen LogP contribution < -0.4 is 0 Å². The van der Waals surface area contributed by atoms with Gasteiger partial charge in [-0.05, 0) is 33.1 Å². The average molecular weight is 312 g/mol. The minimum absolute atomic E-state index is 0.127. The Morgan fingerprint density at radius 1 is 1.52 bits per heavy atom. The Morgan fingerprint density at radius 2 is 2.29 bits per heavy atom. The van der Waals surface area contributed by atoms with Crippen molar-refractivity contribution < 1.29 is 8.42 Å². The first-order valence-corrected chi connectivity index (χ1v) is 9.04. The number of allylic oxidation sites excluding steroid dienone is 1. The maximum atomic E-state index is 12.3. The summed E-state index contributed by atoms with van der Waals surface area (Å²) >= 11 is 0. The van der Waals surface area contributed by atoms with Crippen molar-refractivity contribution in [2.45, 2.75) is 45.1 Å². The summed E-state index contributed by atoms with van der Waals surface area (Å²) in [6.07, 6.45) is 5.69. The third-order valence-electron chi connectivity index (χ3n) is 3.88. The van der Waals surface area contributed by atoms with Crippen LogP contribution >= 0.6 is 0 Å². The van der Waals surface area contributed by atoms with Gasteiger partial charge in [0.05, 0.1) is 5.75 Å². The molecule has 1 aromatic rings. The highest BCUT2D eigenvalue weighted by atomic mass is 32.2. The van der Waals surface area contributed by atoms with Crippen molar-refractivity contribution in [3.8, 4) is 0 Å². The Kier molecular flexibility index (Phi) is 5.16. The van der Waals surface area contributed by atoms with E-state index < -0.39 is 10.0 Å². The zero-order valence-corrected chi connectivity index (χ0v) is 13.6. The van der Waals surface area contributed by atoms with Gasteiger partial charge < -0.3 is 4.57 Å². The predicted molar refractivity (Wildman–Crippen MR) is 82.6 cm³/mol. The van der Waals surface area contributed by atoms with Crippen molar-refractivity contribution in [3.05, 3.63) is 24.8 Å². The Balaban J connectivity index is 2.14. The predicted octanol–water partition coefficient (Wildman–Crippen LogP) is 1.94. The molecule has 0 radical (unpaired) electrons. The summed E-state index contributed by atoms with van der Waals surface area (Å²) in [5, 5.41) is 8.20. The van der Waals surface area contributed by atoms with E-state index in [-0.39, 0.29) is 17.7 Å². The number of aromatic nitrogens is 3. The van der Waals surface area contributed by atoms with E-state index in [1.54, 1.807) is 16.7 Å². The Morgan fingerprint density at radius 3 is 2.95 bits per heavy atom. The highest BCUT2D eigenvalue weighted by Crippen LogP contribution is 2.28. The van der Waals surface area contributed by atoms with Crippen LogP contribution in [0, 0.1) is 0 Å². The standard InChI is InChI=1S/C14H24N4O2S/c1-4-5-9-21(19,20)17-8-6-7-13(10-17)14-16-15-11-18(14)12(2)3/h4,11-13H,1,5-10H2,2-3H3/t13-/m1/s1. The van der Waals surface area contributed by atoms with Gasteiger partial charge in [0.2, 0.25) is 10.0 Å². The molecule has 1 saturated heterocycles. The molecule has 0 aliphatic carbocycles. The summed E-state index contributed by atoms with van der Waals surface area (Å²) in [6, 6.07) is 0.280. The van der Waals surface area contributed by atoms with Crippen LogP contribution in [0.2, 0.25) is 0 Å². The molecule has 0 bridgehead atoms. The van der Waals surface area contributed by atoms with Gasteiger partial charge in [-0.3, -0.25) is 0 Å². The normalized spacial score (nSPS) is 20.8. The minimum Gasteiger partial charge on any atom is -0.315 e. The maximum absolute atomic E-state index is 12.3. The summed E-state index contributed by atoms with van der Waals surface area (Å²) in [4.78, 5) is 0. The van der Waals surface area contributed by atoms with E-state index in [9.17, 15) is 8.42 Å². The van der Waals surface area contributed by atoms with Crippen LogP contribution in [-0.2, 0) is 10.0 Å². The lowest BCUT2D eigenvalue weighted by molar-refractivity contribution is 0.302. The minimum atomic E-state index is -3.20. The van der Waals surface area contributed by atoms with Crippen LogP contribution in [0.25, 0.3) is 0 Å². The largest absolute Gasteiger partial charge is 0.315 e. The molecule has 0 spiro atoms. The maximum Gasteiger partial charge on any atom is 0.214 e. The van der Waals surface area contributed by atoms with E-state index in [4.69, 9.17) is 0 Å². The van der Waals surface area contributed by atoms with Gasteiger partial charge in [0, 0.05) is 25.0 Å². The SMILES string of the molecule is C=CCCS(=O)(=O)N1CCC[C@@H](c2nncn2C(C)C)C1. The van der Waals surface area contributed by atoms with E-state index in [1.165, 1.54) is 0 Å². The molecule has 0 amide bonds. The molecule has 1 fully saturated rings. The van der Waals surface area contributed by atoms with Crippen molar-refractivity contribution in [2.75, 3.05) is 18.8 Å². The highest BCUT2D eigenvalue weighted by molar-refractivity contribution is 7.89. The van der Waals surface area contributed by atoms with Crippen molar-refractivity contribution in [1.82, 2.24) is 19.1 Å². The average Bonchev–Trinajstić information content (AvgIpc) is 2.95. The van der Waals surface area contributed by atoms with E-state index in [2.05, 4.69) is 30.6 Å². The molecule has 1 aliphatic rings. The van der Waals surface area contributed by atoms with Crippen LogP contribution in [0.15, 0.2) is 19.0 Å². The number of hydrogen-bond acceptors (Lipinski definition) is 4. The van der Waals surface area contributed by atoms with Crippen LogP contribution in [-0.4, -0.2) is 46.3 Å². The molecule has 2 heterocycles. The number of rotatable bonds is 6. The summed E-state index contributed by atoms with van der Waals surface area (Å²) < 4.78 is 28.3. The smallest absolute Gasteiger partial charge is 0.214 e. The van der Waals surface area contributed by atoms with Crippen molar-refractivity contribution in [3.63, 3.8) is 0 Å². The molecular formula is C14H24N4O2S. The molecule has 7 heteroatoms. The van der Waals surface area contributed by atoms with E-state index in [0.717, 1.165) is 18.7 Å². The molecular weight excluding hydrogens is 288 g/mol. The van der Waals surface area contributed by atoms with Gasteiger partial charge in [-0.1, -0.05) is 6.08 Å². The second-order valence-electron chi connectivity index (χ2n) is 5.78. The second kappa shape index (κ2) is 6.70. The van der Waals surface area contributed by atoms with Crippen LogP contribution in [0.1, 0.15) is 50.9 Å². The van der Waals surface area contributed by atoms with Crippen LogP contribution in [0.3, 0.4) is 0 Å². The zero-order valence-electron chi connectivity index (χ0n) is 12.8. The lowest BCUT2D eigenvalue weighted by Gasteiger charge is -2.31. The Bertz CT molecular complexity index is 580. The van der Waals surface area contributed by atoms with Crippen LogP contribution in [0.4, 0.5) is 0 Å². The number of hydrogen-bond donors (Lipinski definition) is 0. The number of piperidine rings is 1. The topological polar surface area (TPSA) is 68.1 Å². The number of sulfonamides is 1. The molecule has 6 nitrogen and oxygen atoms in total. The van der Waals surface area contributed by atoms with Gasteiger partial charge in [-0.25, -0.2) is 12.7 Å². The van der Waals surface area contributed by atoms with Crippen LogP contribution in [0.5, 0.6) is 0 Å². The fourth-order valence-electron chi connectivity index (χ4n) is 2.71. The van der Waals surface area contributed by atoms with Crippen molar-refractivity contribution in [1.29, 1.82) is 0 Å². The van der Waals surface area contributed by atoms with Gasteiger partial charge in [-0.15, -0.1) is 16.8 Å². The Labute approximate surface area is 126 Å². The first kappa shape index (κ1) is 16.2. The van der Waals surface area contributed by atoms with E-state index in [1.807, 2.05) is 4.57 Å². The molecule has 1 aliphatic heterocycles. The molecule has 2 rings (SSSR count). The lowest BCUT2D eigenvalue weighted by Crippen LogP contribution is -2.40. The lowest BCUT2D eigenvalue weighted by atomic mass is 9.98. The highest BCUT2D eigenvalue weighted by Gasteiger charge is 2.31. The van der Waals surface area contributed by atoms with Gasteiger partial charge in [-0.2, -0.15) is 0 Å². The monoisotopic (exact) mass is 312 g/mol. The van der Waals surface area contributed by atoms with Crippen molar-refractivity contribution >= 4 is 10.0 Å². The fraction of sp³-hybridized carbons (Fsp3) is 0.714.